The lowest BCUT2D eigenvalue weighted by molar-refractivity contribution is -0.120. The normalized spacial score (nSPS) is 20.5. The van der Waals surface area contributed by atoms with Gasteiger partial charge in [0.25, 0.3) is 0 Å². The second kappa shape index (κ2) is 7.46. The number of hydrogen-bond donors (Lipinski definition) is 1. The minimum absolute atomic E-state index is 0.0315. The molecular formula is C15H20N4O3S3. The molecule has 0 aromatic carbocycles. The number of carbonyl (C=O) groups excluding carboxylic acids is 1. The number of amides is 1. The first-order valence-electron chi connectivity index (χ1n) is 8.04. The highest BCUT2D eigenvalue weighted by atomic mass is 32.2. The molecule has 0 aliphatic carbocycles. The smallest absolute Gasteiger partial charge is 0.233 e. The van der Waals surface area contributed by atoms with E-state index in [0.29, 0.717) is 18.1 Å². The van der Waals surface area contributed by atoms with E-state index in [2.05, 4.69) is 15.5 Å². The van der Waals surface area contributed by atoms with Gasteiger partial charge in [-0.15, -0.1) is 21.5 Å². The van der Waals surface area contributed by atoms with Crippen LogP contribution < -0.4 is 5.32 Å². The van der Waals surface area contributed by atoms with E-state index >= 15 is 0 Å². The van der Waals surface area contributed by atoms with Gasteiger partial charge in [-0.2, -0.15) is 0 Å². The van der Waals surface area contributed by atoms with Crippen LogP contribution in [0, 0.1) is 0 Å². The van der Waals surface area contributed by atoms with Crippen molar-refractivity contribution in [2.75, 3.05) is 11.5 Å². The van der Waals surface area contributed by atoms with E-state index in [4.69, 9.17) is 0 Å². The van der Waals surface area contributed by atoms with Gasteiger partial charge in [0, 0.05) is 12.6 Å². The molecule has 2 aromatic rings. The maximum absolute atomic E-state index is 12.4. The SMILES string of the molecule is CCn1c(S[C@@H](C)C(=O)N[C@H]2CCS(=O)(=O)C2)nnc1-c1cccs1. The molecule has 0 radical (unpaired) electrons. The maximum atomic E-state index is 12.4. The quantitative estimate of drug-likeness (QED) is 0.743. The Morgan fingerprint density at radius 1 is 1.52 bits per heavy atom. The fourth-order valence-corrected chi connectivity index (χ4v) is 6.00. The Balaban J connectivity index is 1.66. The summed E-state index contributed by atoms with van der Waals surface area (Å²) in [6.07, 6.45) is 0.485. The number of nitrogens with zero attached hydrogens (tertiary/aromatic N) is 3. The summed E-state index contributed by atoms with van der Waals surface area (Å²) in [5.74, 6) is 0.808. The van der Waals surface area contributed by atoms with Crippen LogP contribution in [0.3, 0.4) is 0 Å². The van der Waals surface area contributed by atoms with E-state index in [-0.39, 0.29) is 28.7 Å². The number of hydrogen-bond acceptors (Lipinski definition) is 7. The van der Waals surface area contributed by atoms with E-state index in [1.54, 1.807) is 18.3 Å². The zero-order chi connectivity index (χ0) is 18.0. The fraction of sp³-hybridized carbons (Fsp3) is 0.533. The van der Waals surface area contributed by atoms with Crippen molar-refractivity contribution in [1.82, 2.24) is 20.1 Å². The molecular weight excluding hydrogens is 380 g/mol. The number of nitrogens with one attached hydrogen (secondary N) is 1. The lowest BCUT2D eigenvalue weighted by Gasteiger charge is -2.15. The standard InChI is InChI=1S/C15H20N4O3S3/c1-3-19-13(12-5-4-7-23-12)17-18-15(19)24-10(2)14(20)16-11-6-8-25(21,22)9-11/h4-5,7,10-11H,3,6,8-9H2,1-2H3,(H,16,20)/t10-,11-/m0/s1. The molecule has 1 saturated heterocycles. The van der Waals surface area contributed by atoms with Crippen molar-refractivity contribution in [3.63, 3.8) is 0 Å². The fourth-order valence-electron chi connectivity index (χ4n) is 2.69. The molecule has 1 aliphatic rings. The molecule has 1 N–H and O–H groups in total. The van der Waals surface area contributed by atoms with E-state index in [9.17, 15) is 13.2 Å². The minimum Gasteiger partial charge on any atom is -0.351 e. The summed E-state index contributed by atoms with van der Waals surface area (Å²) in [6, 6.07) is 3.67. The van der Waals surface area contributed by atoms with Crippen LogP contribution in [-0.4, -0.2) is 51.9 Å². The van der Waals surface area contributed by atoms with Crippen LogP contribution >= 0.6 is 23.1 Å². The molecule has 3 heterocycles. The van der Waals surface area contributed by atoms with Crippen molar-refractivity contribution in [1.29, 1.82) is 0 Å². The van der Waals surface area contributed by atoms with Gasteiger partial charge in [-0.05, 0) is 31.7 Å². The molecule has 2 atom stereocenters. The zero-order valence-electron chi connectivity index (χ0n) is 14.0. The second-order valence-corrected chi connectivity index (χ2v) is 10.4. The highest BCUT2D eigenvalue weighted by molar-refractivity contribution is 8.00. The van der Waals surface area contributed by atoms with Crippen molar-refractivity contribution >= 4 is 38.8 Å². The monoisotopic (exact) mass is 400 g/mol. The third kappa shape index (κ3) is 4.24. The maximum Gasteiger partial charge on any atom is 0.233 e. The third-order valence-electron chi connectivity index (χ3n) is 4.00. The molecule has 136 valence electrons. The molecule has 1 amide bonds. The minimum atomic E-state index is -3.00. The first-order chi connectivity index (χ1) is 11.9. The van der Waals surface area contributed by atoms with E-state index in [1.165, 1.54) is 11.8 Å². The van der Waals surface area contributed by atoms with Crippen molar-refractivity contribution in [2.45, 2.75) is 43.3 Å². The molecule has 0 bridgehead atoms. The van der Waals surface area contributed by atoms with Crippen LogP contribution in [0.1, 0.15) is 20.3 Å². The Morgan fingerprint density at radius 2 is 2.32 bits per heavy atom. The average Bonchev–Trinajstić information content (AvgIpc) is 3.26. The summed E-state index contributed by atoms with van der Waals surface area (Å²) < 4.78 is 25.0. The summed E-state index contributed by atoms with van der Waals surface area (Å²) in [7, 11) is -3.00. The lowest BCUT2D eigenvalue weighted by atomic mass is 10.2. The Morgan fingerprint density at radius 3 is 2.92 bits per heavy atom. The number of aromatic nitrogens is 3. The van der Waals surface area contributed by atoms with E-state index in [0.717, 1.165) is 10.7 Å². The van der Waals surface area contributed by atoms with Gasteiger partial charge >= 0.3 is 0 Å². The van der Waals surface area contributed by atoms with Crippen LogP contribution in [0.5, 0.6) is 0 Å². The molecule has 3 rings (SSSR count). The van der Waals surface area contributed by atoms with Crippen LogP contribution in [0.15, 0.2) is 22.7 Å². The molecule has 7 nitrogen and oxygen atoms in total. The first-order valence-corrected chi connectivity index (χ1v) is 11.6. The van der Waals surface area contributed by atoms with Gasteiger partial charge < -0.3 is 9.88 Å². The van der Waals surface area contributed by atoms with Gasteiger partial charge in [0.2, 0.25) is 5.91 Å². The highest BCUT2D eigenvalue weighted by Crippen LogP contribution is 2.29. The Kier molecular flexibility index (Phi) is 5.49. The molecule has 0 saturated carbocycles. The highest BCUT2D eigenvalue weighted by Gasteiger charge is 2.30. The summed E-state index contributed by atoms with van der Waals surface area (Å²) in [5, 5.41) is 13.6. The molecule has 25 heavy (non-hydrogen) atoms. The van der Waals surface area contributed by atoms with Gasteiger partial charge in [0.05, 0.1) is 21.6 Å². The predicted molar refractivity (Wildman–Crippen MR) is 99.5 cm³/mol. The number of carbonyl (C=O) groups is 1. The molecule has 1 fully saturated rings. The van der Waals surface area contributed by atoms with Gasteiger partial charge in [0.15, 0.2) is 20.8 Å². The van der Waals surface area contributed by atoms with Gasteiger partial charge in [-0.1, -0.05) is 17.8 Å². The van der Waals surface area contributed by atoms with Crippen molar-refractivity contribution < 1.29 is 13.2 Å². The molecule has 2 aromatic heterocycles. The summed E-state index contributed by atoms with van der Waals surface area (Å²) in [5.41, 5.74) is 0. The Labute approximate surface area is 155 Å². The largest absolute Gasteiger partial charge is 0.351 e. The van der Waals surface area contributed by atoms with E-state index in [1.807, 2.05) is 29.0 Å². The van der Waals surface area contributed by atoms with Crippen LogP contribution in [0.25, 0.3) is 10.7 Å². The van der Waals surface area contributed by atoms with Crippen molar-refractivity contribution in [3.8, 4) is 10.7 Å². The van der Waals surface area contributed by atoms with Gasteiger partial charge in [0.1, 0.15) is 0 Å². The summed E-state index contributed by atoms with van der Waals surface area (Å²) in [4.78, 5) is 13.4. The topological polar surface area (TPSA) is 94.0 Å². The van der Waals surface area contributed by atoms with Crippen molar-refractivity contribution in [3.05, 3.63) is 17.5 Å². The Bertz CT molecular complexity index is 846. The zero-order valence-corrected chi connectivity index (χ0v) is 16.5. The van der Waals surface area contributed by atoms with Gasteiger partial charge in [-0.25, -0.2) is 8.42 Å². The molecule has 0 spiro atoms. The van der Waals surface area contributed by atoms with Crippen LogP contribution in [0.2, 0.25) is 0 Å². The molecule has 1 aliphatic heterocycles. The van der Waals surface area contributed by atoms with Gasteiger partial charge in [-0.3, -0.25) is 4.79 Å². The number of rotatable bonds is 6. The Hall–Kier alpha value is -1.39. The molecule has 0 unspecified atom stereocenters. The third-order valence-corrected chi connectivity index (χ3v) is 7.72. The summed E-state index contributed by atoms with van der Waals surface area (Å²) >= 11 is 2.93. The summed E-state index contributed by atoms with van der Waals surface area (Å²) in [6.45, 7) is 4.51. The predicted octanol–water partition coefficient (Wildman–Crippen LogP) is 1.81. The molecule has 10 heteroatoms. The first kappa shape index (κ1) is 18.4. The number of thioether (sulfide) groups is 1. The number of sulfone groups is 1. The number of thiophene rings is 1. The van der Waals surface area contributed by atoms with Crippen molar-refractivity contribution in [2.24, 2.45) is 0 Å². The van der Waals surface area contributed by atoms with E-state index < -0.39 is 9.84 Å². The second-order valence-electron chi connectivity index (χ2n) is 5.90. The van der Waals surface area contributed by atoms with Crippen LogP contribution in [-0.2, 0) is 21.2 Å². The lowest BCUT2D eigenvalue weighted by Crippen LogP contribution is -2.40. The average molecular weight is 401 g/mol. The van der Waals surface area contributed by atoms with Crippen LogP contribution in [0.4, 0.5) is 0 Å².